The molecule has 2 atom stereocenters. The van der Waals surface area contributed by atoms with Crippen LogP contribution < -0.4 is 9.62 Å². The number of sulfonamides is 1. The highest BCUT2D eigenvalue weighted by Crippen LogP contribution is 2.29. The molecule has 7 nitrogen and oxygen atoms in total. The summed E-state index contributed by atoms with van der Waals surface area (Å²) in [6.07, 6.45) is 1.04. The van der Waals surface area contributed by atoms with Crippen LogP contribution in [-0.2, 0) is 26.2 Å². The largest absolute Gasteiger partial charge is 0.352 e. The third-order valence-corrected chi connectivity index (χ3v) is 9.30. The third kappa shape index (κ3) is 7.56. The van der Waals surface area contributed by atoms with E-state index in [2.05, 4.69) is 5.32 Å². The Hall–Kier alpha value is -3.07. The molecule has 0 radical (unpaired) electrons. The summed E-state index contributed by atoms with van der Waals surface area (Å²) >= 11 is 12.8. The first kappa shape index (κ1) is 31.5. The average molecular weight is 605 g/mol. The van der Waals surface area contributed by atoms with Crippen molar-refractivity contribution >= 4 is 50.7 Å². The van der Waals surface area contributed by atoms with Gasteiger partial charge in [0.05, 0.1) is 10.6 Å². The van der Waals surface area contributed by atoms with Gasteiger partial charge in [-0.15, -0.1) is 0 Å². The lowest BCUT2D eigenvalue weighted by atomic mass is 10.1. The van der Waals surface area contributed by atoms with Gasteiger partial charge in [0.25, 0.3) is 10.0 Å². The van der Waals surface area contributed by atoms with E-state index < -0.39 is 28.5 Å². The zero-order valence-electron chi connectivity index (χ0n) is 23.1. The summed E-state index contributed by atoms with van der Waals surface area (Å²) < 4.78 is 28.8. The van der Waals surface area contributed by atoms with E-state index in [1.54, 1.807) is 61.5 Å². The number of rotatable bonds is 12. The van der Waals surface area contributed by atoms with E-state index in [0.29, 0.717) is 22.0 Å². The van der Waals surface area contributed by atoms with Gasteiger partial charge in [-0.05, 0) is 68.1 Å². The molecule has 3 aromatic carbocycles. The Labute approximate surface area is 247 Å². The molecule has 1 N–H and O–H groups in total. The van der Waals surface area contributed by atoms with Crippen molar-refractivity contribution < 1.29 is 18.0 Å². The standard InChI is InChI=1S/C30H35Cl2N3O4S/c1-5-22(4)33-30(37)28(6-2)34(19-23-12-10-11-15-26(23)31)29(36)20-35(24-17-16-21(3)27(32)18-24)40(38,39)25-13-8-7-9-14-25/h7-18,22,28H,5-6,19-20H2,1-4H3,(H,33,37)/t22-,28+/m0/s1. The fourth-order valence-corrected chi connectivity index (χ4v) is 5.95. The quantitative estimate of drug-likeness (QED) is 0.266. The first-order valence-corrected chi connectivity index (χ1v) is 15.4. The summed E-state index contributed by atoms with van der Waals surface area (Å²) in [5.74, 6) is -0.865. The number of nitrogens with zero attached hydrogens (tertiary/aromatic N) is 2. The number of amides is 2. The summed E-state index contributed by atoms with van der Waals surface area (Å²) in [6, 6.07) is 18.8. The number of nitrogens with one attached hydrogen (secondary N) is 1. The predicted molar refractivity (Wildman–Crippen MR) is 161 cm³/mol. The fourth-order valence-electron chi connectivity index (χ4n) is 4.16. The molecule has 0 saturated heterocycles. The summed E-state index contributed by atoms with van der Waals surface area (Å²) in [5.41, 5.74) is 1.65. The van der Waals surface area contributed by atoms with Crippen molar-refractivity contribution in [1.82, 2.24) is 10.2 Å². The van der Waals surface area contributed by atoms with Crippen molar-refractivity contribution in [3.63, 3.8) is 0 Å². The minimum absolute atomic E-state index is 0.0266. The summed E-state index contributed by atoms with van der Waals surface area (Å²) in [7, 11) is -4.17. The Morgan fingerprint density at radius 1 is 0.900 bits per heavy atom. The molecule has 0 heterocycles. The zero-order chi connectivity index (χ0) is 29.4. The van der Waals surface area contributed by atoms with Crippen LogP contribution in [0.15, 0.2) is 77.7 Å². The molecule has 0 unspecified atom stereocenters. The molecule has 10 heteroatoms. The SMILES string of the molecule is CC[C@H](C(=O)N[C@@H](C)CC)N(Cc1ccccc1Cl)C(=O)CN(c1ccc(C)c(Cl)c1)S(=O)(=O)c1ccccc1. The molecule has 0 aliphatic carbocycles. The highest BCUT2D eigenvalue weighted by molar-refractivity contribution is 7.92. The van der Waals surface area contributed by atoms with Gasteiger partial charge in [0.2, 0.25) is 11.8 Å². The Bertz CT molecular complexity index is 1430. The molecule has 3 aromatic rings. The van der Waals surface area contributed by atoms with Gasteiger partial charge < -0.3 is 10.2 Å². The Morgan fingerprint density at radius 2 is 1.55 bits per heavy atom. The lowest BCUT2D eigenvalue weighted by molar-refractivity contribution is -0.140. The second-order valence-electron chi connectivity index (χ2n) is 9.61. The van der Waals surface area contributed by atoms with Crippen molar-refractivity contribution in [3.8, 4) is 0 Å². The predicted octanol–water partition coefficient (Wildman–Crippen LogP) is 6.22. The molecule has 2 amide bonds. The molecule has 0 saturated carbocycles. The number of carbonyl (C=O) groups is 2. The van der Waals surface area contributed by atoms with E-state index in [4.69, 9.17) is 23.2 Å². The second kappa shape index (κ2) is 14.0. The number of carbonyl (C=O) groups excluding carboxylic acids is 2. The normalized spacial score (nSPS) is 12.8. The minimum atomic E-state index is -4.17. The van der Waals surface area contributed by atoms with Crippen LogP contribution in [0.25, 0.3) is 0 Å². The number of hydrogen-bond donors (Lipinski definition) is 1. The van der Waals surface area contributed by atoms with Crippen LogP contribution >= 0.6 is 23.2 Å². The van der Waals surface area contributed by atoms with E-state index >= 15 is 0 Å². The van der Waals surface area contributed by atoms with Crippen molar-refractivity contribution in [2.45, 2.75) is 64.1 Å². The van der Waals surface area contributed by atoms with Crippen LogP contribution in [0.2, 0.25) is 10.0 Å². The summed E-state index contributed by atoms with van der Waals surface area (Å²) in [5, 5.41) is 3.76. The number of aryl methyl sites for hydroxylation is 1. The van der Waals surface area contributed by atoms with Gasteiger partial charge >= 0.3 is 0 Å². The van der Waals surface area contributed by atoms with Crippen LogP contribution in [0.5, 0.6) is 0 Å². The number of halogens is 2. The lowest BCUT2D eigenvalue weighted by Gasteiger charge is -2.34. The molecule has 0 fully saturated rings. The molecular weight excluding hydrogens is 569 g/mol. The summed E-state index contributed by atoms with van der Waals surface area (Å²) in [4.78, 5) is 28.9. The first-order chi connectivity index (χ1) is 19.0. The van der Waals surface area contributed by atoms with E-state index in [9.17, 15) is 18.0 Å². The second-order valence-corrected chi connectivity index (χ2v) is 12.3. The van der Waals surface area contributed by atoms with Gasteiger partial charge in [0.1, 0.15) is 12.6 Å². The molecule has 0 aliphatic rings. The van der Waals surface area contributed by atoms with Crippen LogP contribution in [-0.4, -0.2) is 43.8 Å². The third-order valence-electron chi connectivity index (χ3n) is 6.74. The molecule has 0 bridgehead atoms. The Kier molecular flexibility index (Phi) is 11.0. The molecule has 3 rings (SSSR count). The van der Waals surface area contributed by atoms with Gasteiger partial charge in [-0.3, -0.25) is 13.9 Å². The van der Waals surface area contributed by atoms with Crippen molar-refractivity contribution in [1.29, 1.82) is 0 Å². The Morgan fingerprint density at radius 3 is 2.15 bits per heavy atom. The van der Waals surface area contributed by atoms with E-state index in [0.717, 1.165) is 16.3 Å². The van der Waals surface area contributed by atoms with Crippen molar-refractivity contribution in [2.24, 2.45) is 0 Å². The fraction of sp³-hybridized carbons (Fsp3) is 0.333. The van der Waals surface area contributed by atoms with Crippen LogP contribution in [0.3, 0.4) is 0 Å². The van der Waals surface area contributed by atoms with Crippen LogP contribution in [0.4, 0.5) is 5.69 Å². The maximum Gasteiger partial charge on any atom is 0.264 e. The zero-order valence-corrected chi connectivity index (χ0v) is 25.4. The van der Waals surface area contributed by atoms with Gasteiger partial charge in [0.15, 0.2) is 0 Å². The summed E-state index contributed by atoms with van der Waals surface area (Å²) in [6.45, 7) is 6.94. The highest BCUT2D eigenvalue weighted by Gasteiger charge is 2.34. The number of benzene rings is 3. The first-order valence-electron chi connectivity index (χ1n) is 13.2. The smallest absolute Gasteiger partial charge is 0.264 e. The maximum absolute atomic E-state index is 14.1. The monoisotopic (exact) mass is 603 g/mol. The molecule has 0 aromatic heterocycles. The molecule has 40 heavy (non-hydrogen) atoms. The topological polar surface area (TPSA) is 86.8 Å². The van der Waals surface area contributed by atoms with Gasteiger partial charge in [0, 0.05) is 22.6 Å². The molecule has 0 aliphatic heterocycles. The van der Waals surface area contributed by atoms with Crippen molar-refractivity contribution in [2.75, 3.05) is 10.8 Å². The molecular formula is C30H35Cl2N3O4S. The van der Waals surface area contributed by atoms with Crippen molar-refractivity contribution in [3.05, 3.63) is 94.0 Å². The molecule has 0 spiro atoms. The van der Waals surface area contributed by atoms with E-state index in [-0.39, 0.29) is 29.1 Å². The van der Waals surface area contributed by atoms with Gasteiger partial charge in [-0.1, -0.05) is 79.5 Å². The minimum Gasteiger partial charge on any atom is -0.352 e. The van der Waals surface area contributed by atoms with Gasteiger partial charge in [-0.2, -0.15) is 0 Å². The highest BCUT2D eigenvalue weighted by atomic mass is 35.5. The average Bonchev–Trinajstić information content (AvgIpc) is 2.94. The van der Waals surface area contributed by atoms with E-state index in [1.165, 1.54) is 23.1 Å². The lowest BCUT2D eigenvalue weighted by Crippen LogP contribution is -2.53. The van der Waals surface area contributed by atoms with Crippen LogP contribution in [0.1, 0.15) is 44.7 Å². The van der Waals surface area contributed by atoms with E-state index in [1.807, 2.05) is 20.8 Å². The van der Waals surface area contributed by atoms with Crippen LogP contribution in [0, 0.1) is 6.92 Å². The molecule has 214 valence electrons. The maximum atomic E-state index is 14.1. The number of hydrogen-bond acceptors (Lipinski definition) is 4. The Balaban J connectivity index is 2.08. The number of anilines is 1. The van der Waals surface area contributed by atoms with Gasteiger partial charge in [-0.25, -0.2) is 8.42 Å².